The van der Waals surface area contributed by atoms with Crippen LogP contribution in [0.25, 0.3) is 0 Å². The molecule has 3 atom stereocenters. The minimum atomic E-state index is 0.270. The van der Waals surface area contributed by atoms with Crippen LogP contribution in [0.4, 0.5) is 0 Å². The summed E-state index contributed by atoms with van der Waals surface area (Å²) in [6.07, 6.45) is 3.89. The van der Waals surface area contributed by atoms with Gasteiger partial charge in [-0.25, -0.2) is 0 Å². The smallest absolute Gasteiger partial charge is 0.0253 e. The standard InChI is InChI=1S/C15H32N2/c1-7-9-13(4)17-11-15(5,6)16-10-14(17)12(3)8-2/h12-14,16H,7-11H2,1-6H3. The van der Waals surface area contributed by atoms with E-state index in [9.17, 15) is 0 Å². The highest BCUT2D eigenvalue weighted by Crippen LogP contribution is 2.25. The van der Waals surface area contributed by atoms with Crippen molar-refractivity contribution < 1.29 is 0 Å². The van der Waals surface area contributed by atoms with Crippen molar-refractivity contribution in [2.45, 2.75) is 78.4 Å². The summed E-state index contributed by atoms with van der Waals surface area (Å²) < 4.78 is 0. The molecule has 0 radical (unpaired) electrons. The van der Waals surface area contributed by atoms with Crippen molar-refractivity contribution in [3.8, 4) is 0 Å². The van der Waals surface area contributed by atoms with Gasteiger partial charge in [0.2, 0.25) is 0 Å². The molecule has 1 saturated heterocycles. The van der Waals surface area contributed by atoms with E-state index in [1.807, 2.05) is 0 Å². The Hall–Kier alpha value is -0.0800. The lowest BCUT2D eigenvalue weighted by Crippen LogP contribution is -2.64. The largest absolute Gasteiger partial charge is 0.309 e. The van der Waals surface area contributed by atoms with Gasteiger partial charge >= 0.3 is 0 Å². The molecule has 1 aliphatic rings. The van der Waals surface area contributed by atoms with Gasteiger partial charge in [-0.05, 0) is 33.1 Å². The zero-order valence-corrected chi connectivity index (χ0v) is 12.7. The van der Waals surface area contributed by atoms with Crippen LogP contribution >= 0.6 is 0 Å². The summed E-state index contributed by atoms with van der Waals surface area (Å²) in [6, 6.07) is 1.44. The third kappa shape index (κ3) is 3.96. The number of piperazine rings is 1. The summed E-state index contributed by atoms with van der Waals surface area (Å²) in [6.45, 7) is 16.4. The summed E-state index contributed by atoms with van der Waals surface area (Å²) >= 11 is 0. The summed E-state index contributed by atoms with van der Waals surface area (Å²) in [5.74, 6) is 0.790. The number of hydrogen-bond acceptors (Lipinski definition) is 2. The zero-order valence-electron chi connectivity index (χ0n) is 12.7. The van der Waals surface area contributed by atoms with Gasteiger partial charge in [-0.3, -0.25) is 4.90 Å². The second kappa shape index (κ2) is 6.19. The first kappa shape index (κ1) is 15.0. The summed E-state index contributed by atoms with van der Waals surface area (Å²) in [5, 5.41) is 3.71. The fourth-order valence-corrected chi connectivity index (χ4v) is 2.99. The molecule has 3 unspecified atom stereocenters. The normalized spacial score (nSPS) is 28.9. The Balaban J connectivity index is 2.74. The van der Waals surface area contributed by atoms with Crippen LogP contribution in [0, 0.1) is 5.92 Å². The van der Waals surface area contributed by atoms with Crippen LogP contribution in [0.1, 0.15) is 60.8 Å². The molecule has 1 heterocycles. The summed E-state index contributed by atoms with van der Waals surface area (Å²) in [4.78, 5) is 2.76. The van der Waals surface area contributed by atoms with Crippen LogP contribution in [0.15, 0.2) is 0 Å². The molecule has 1 fully saturated rings. The SMILES string of the molecule is CCCC(C)N1CC(C)(C)NCC1C(C)CC. The first-order chi connectivity index (χ1) is 7.91. The molecule has 0 aromatic rings. The molecule has 0 saturated carbocycles. The Bertz CT molecular complexity index is 225. The van der Waals surface area contributed by atoms with Gasteiger partial charge in [0.1, 0.15) is 0 Å². The molecule has 1 N–H and O–H groups in total. The maximum Gasteiger partial charge on any atom is 0.0253 e. The van der Waals surface area contributed by atoms with Gasteiger partial charge in [0.05, 0.1) is 0 Å². The molecule has 17 heavy (non-hydrogen) atoms. The minimum Gasteiger partial charge on any atom is -0.309 e. The fraction of sp³-hybridized carbons (Fsp3) is 1.00. The first-order valence-corrected chi connectivity index (χ1v) is 7.42. The van der Waals surface area contributed by atoms with Gasteiger partial charge in [-0.15, -0.1) is 0 Å². The number of hydrogen-bond donors (Lipinski definition) is 1. The van der Waals surface area contributed by atoms with E-state index in [0.29, 0.717) is 0 Å². The van der Waals surface area contributed by atoms with Crippen molar-refractivity contribution in [1.82, 2.24) is 10.2 Å². The van der Waals surface area contributed by atoms with E-state index in [-0.39, 0.29) is 5.54 Å². The van der Waals surface area contributed by atoms with E-state index in [1.165, 1.54) is 25.8 Å². The number of rotatable bonds is 5. The molecule has 0 spiro atoms. The van der Waals surface area contributed by atoms with E-state index in [1.54, 1.807) is 0 Å². The second-order valence-corrected chi connectivity index (χ2v) is 6.53. The van der Waals surface area contributed by atoms with Crippen LogP contribution in [0.5, 0.6) is 0 Å². The Morgan fingerprint density at radius 3 is 2.47 bits per heavy atom. The summed E-state index contributed by atoms with van der Waals surface area (Å²) in [7, 11) is 0. The predicted molar refractivity (Wildman–Crippen MR) is 76.4 cm³/mol. The molecule has 0 bridgehead atoms. The van der Waals surface area contributed by atoms with Crippen LogP contribution < -0.4 is 5.32 Å². The van der Waals surface area contributed by atoms with E-state index in [0.717, 1.165) is 24.5 Å². The van der Waals surface area contributed by atoms with E-state index in [4.69, 9.17) is 0 Å². The lowest BCUT2D eigenvalue weighted by molar-refractivity contribution is 0.0298. The van der Waals surface area contributed by atoms with E-state index >= 15 is 0 Å². The molecule has 1 aliphatic heterocycles. The number of nitrogens with zero attached hydrogens (tertiary/aromatic N) is 1. The van der Waals surface area contributed by atoms with Gasteiger partial charge in [0, 0.05) is 30.7 Å². The van der Waals surface area contributed by atoms with Gasteiger partial charge in [0.15, 0.2) is 0 Å². The highest BCUT2D eigenvalue weighted by molar-refractivity contribution is 4.95. The van der Waals surface area contributed by atoms with Crippen molar-refractivity contribution >= 4 is 0 Å². The molecule has 0 amide bonds. The second-order valence-electron chi connectivity index (χ2n) is 6.53. The quantitative estimate of drug-likeness (QED) is 0.793. The first-order valence-electron chi connectivity index (χ1n) is 7.42. The Labute approximate surface area is 108 Å². The Kier molecular flexibility index (Phi) is 5.46. The van der Waals surface area contributed by atoms with Crippen LogP contribution in [-0.4, -0.2) is 35.6 Å². The third-order valence-corrected chi connectivity index (χ3v) is 4.37. The third-order valence-electron chi connectivity index (χ3n) is 4.37. The van der Waals surface area contributed by atoms with Gasteiger partial charge in [0.25, 0.3) is 0 Å². The Morgan fingerprint density at radius 2 is 1.94 bits per heavy atom. The topological polar surface area (TPSA) is 15.3 Å². The lowest BCUT2D eigenvalue weighted by atomic mass is 9.89. The van der Waals surface area contributed by atoms with Crippen LogP contribution in [0.2, 0.25) is 0 Å². The maximum atomic E-state index is 3.71. The van der Waals surface area contributed by atoms with E-state index in [2.05, 4.69) is 51.8 Å². The van der Waals surface area contributed by atoms with Crippen LogP contribution in [0.3, 0.4) is 0 Å². The monoisotopic (exact) mass is 240 g/mol. The van der Waals surface area contributed by atoms with Crippen molar-refractivity contribution in [2.75, 3.05) is 13.1 Å². The molecule has 2 nitrogen and oxygen atoms in total. The molecular formula is C15H32N2. The molecule has 0 aromatic heterocycles. The highest BCUT2D eigenvalue weighted by Gasteiger charge is 2.36. The van der Waals surface area contributed by atoms with E-state index < -0.39 is 0 Å². The molecule has 1 rings (SSSR count). The fourth-order valence-electron chi connectivity index (χ4n) is 2.99. The average Bonchev–Trinajstić information content (AvgIpc) is 2.27. The Morgan fingerprint density at radius 1 is 1.29 bits per heavy atom. The summed E-state index contributed by atoms with van der Waals surface area (Å²) in [5.41, 5.74) is 0.270. The molecule has 2 heteroatoms. The lowest BCUT2D eigenvalue weighted by Gasteiger charge is -2.49. The maximum absolute atomic E-state index is 3.71. The molecular weight excluding hydrogens is 208 g/mol. The van der Waals surface area contributed by atoms with Crippen molar-refractivity contribution in [1.29, 1.82) is 0 Å². The van der Waals surface area contributed by atoms with Crippen LogP contribution in [-0.2, 0) is 0 Å². The van der Waals surface area contributed by atoms with Gasteiger partial charge < -0.3 is 5.32 Å². The average molecular weight is 240 g/mol. The molecule has 0 aliphatic carbocycles. The number of nitrogens with one attached hydrogen (secondary N) is 1. The highest BCUT2D eigenvalue weighted by atomic mass is 15.3. The van der Waals surface area contributed by atoms with Crippen molar-refractivity contribution in [2.24, 2.45) is 5.92 Å². The minimum absolute atomic E-state index is 0.270. The van der Waals surface area contributed by atoms with Crippen molar-refractivity contribution in [3.05, 3.63) is 0 Å². The van der Waals surface area contributed by atoms with Crippen molar-refractivity contribution in [3.63, 3.8) is 0 Å². The zero-order chi connectivity index (χ0) is 13.1. The molecule has 0 aromatic carbocycles. The molecule has 102 valence electrons. The predicted octanol–water partition coefficient (Wildman–Crippen LogP) is 3.27. The van der Waals surface area contributed by atoms with Gasteiger partial charge in [-0.1, -0.05) is 33.6 Å². The van der Waals surface area contributed by atoms with Gasteiger partial charge in [-0.2, -0.15) is 0 Å².